The molecule has 2 aromatic rings. The van der Waals surface area contributed by atoms with E-state index in [4.69, 9.17) is 18.9 Å². The van der Waals surface area contributed by atoms with Crippen molar-refractivity contribution in [1.82, 2.24) is 9.97 Å². The molecule has 24 heavy (non-hydrogen) atoms. The summed E-state index contributed by atoms with van der Waals surface area (Å²) in [5.41, 5.74) is 3.81. The van der Waals surface area contributed by atoms with Crippen LogP contribution in [0.3, 0.4) is 0 Å². The molecule has 0 fully saturated rings. The molecule has 2 heterocycles. The second kappa shape index (κ2) is 6.68. The van der Waals surface area contributed by atoms with Crippen molar-refractivity contribution in [2.45, 2.75) is 39.2 Å². The zero-order valence-corrected chi connectivity index (χ0v) is 14.4. The minimum Gasteiger partial charge on any atom is -0.491 e. The van der Waals surface area contributed by atoms with Gasteiger partial charge in [0.25, 0.3) is 5.88 Å². The number of nitrogens with zero attached hydrogens (tertiary/aromatic N) is 1. The number of aromatic amines is 1. The summed E-state index contributed by atoms with van der Waals surface area (Å²) in [6, 6.07) is 0. The van der Waals surface area contributed by atoms with Gasteiger partial charge in [0, 0.05) is 18.4 Å². The molecule has 0 saturated carbocycles. The van der Waals surface area contributed by atoms with Crippen molar-refractivity contribution in [3.05, 3.63) is 17.0 Å². The van der Waals surface area contributed by atoms with Crippen LogP contribution in [0, 0.1) is 6.92 Å². The van der Waals surface area contributed by atoms with Gasteiger partial charge in [-0.3, -0.25) is 0 Å². The molecule has 1 atom stereocenters. The minimum absolute atomic E-state index is 0.0198. The SMILES string of the molecule is CCOC(=O)Oc1nc(C)c2[nH]c3c(c2c1OC)C(OC)CCC3. The molecule has 3 rings (SSSR count). The molecule has 0 radical (unpaired) electrons. The molecule has 130 valence electrons. The van der Waals surface area contributed by atoms with Crippen molar-refractivity contribution >= 4 is 17.1 Å². The lowest BCUT2D eigenvalue weighted by atomic mass is 9.92. The molecular weight excluding hydrogens is 312 g/mol. The summed E-state index contributed by atoms with van der Waals surface area (Å²) in [4.78, 5) is 19.5. The fourth-order valence-electron chi connectivity index (χ4n) is 3.32. The molecule has 1 N–H and O–H groups in total. The Balaban J connectivity index is 2.20. The molecule has 0 aliphatic heterocycles. The van der Waals surface area contributed by atoms with Crippen LogP contribution in [0.15, 0.2) is 0 Å². The van der Waals surface area contributed by atoms with Crippen molar-refractivity contribution < 1.29 is 23.7 Å². The standard InChI is InChI=1S/C17H22N2O5/c1-5-23-17(20)24-16-15(22-4)13-12-10(7-6-8-11(12)21-3)19-14(13)9(2)18-16/h11,19H,5-8H2,1-4H3. The fourth-order valence-corrected chi connectivity index (χ4v) is 3.32. The Morgan fingerprint density at radius 2 is 2.17 bits per heavy atom. The maximum atomic E-state index is 11.7. The summed E-state index contributed by atoms with van der Waals surface area (Å²) >= 11 is 0. The molecular formula is C17H22N2O5. The van der Waals surface area contributed by atoms with Gasteiger partial charge < -0.3 is 23.9 Å². The Morgan fingerprint density at radius 1 is 1.38 bits per heavy atom. The number of rotatable bonds is 4. The molecule has 0 amide bonds. The van der Waals surface area contributed by atoms with Crippen LogP contribution < -0.4 is 9.47 Å². The second-order valence-electron chi connectivity index (χ2n) is 5.70. The van der Waals surface area contributed by atoms with Gasteiger partial charge in [0.2, 0.25) is 0 Å². The Morgan fingerprint density at radius 3 is 2.83 bits per heavy atom. The first kappa shape index (κ1) is 16.6. The highest BCUT2D eigenvalue weighted by molar-refractivity contribution is 5.94. The number of aromatic nitrogens is 2. The number of methoxy groups -OCH3 is 2. The molecule has 0 spiro atoms. The van der Waals surface area contributed by atoms with Gasteiger partial charge in [-0.1, -0.05) is 0 Å². The largest absolute Gasteiger partial charge is 0.515 e. The monoisotopic (exact) mass is 334 g/mol. The quantitative estimate of drug-likeness (QED) is 0.863. The maximum absolute atomic E-state index is 11.7. The van der Waals surface area contributed by atoms with Crippen molar-refractivity contribution in [3.63, 3.8) is 0 Å². The highest BCUT2D eigenvalue weighted by Gasteiger charge is 2.30. The normalized spacial score (nSPS) is 16.8. The summed E-state index contributed by atoms with van der Waals surface area (Å²) < 4.78 is 21.3. The molecule has 0 aromatic carbocycles. The van der Waals surface area contributed by atoms with Gasteiger partial charge in [-0.05, 0) is 33.1 Å². The third-order valence-electron chi connectivity index (χ3n) is 4.32. The molecule has 2 aromatic heterocycles. The van der Waals surface area contributed by atoms with Crippen LogP contribution in [0.25, 0.3) is 10.9 Å². The Bertz CT molecular complexity index is 768. The van der Waals surface area contributed by atoms with Crippen molar-refractivity contribution in [2.24, 2.45) is 0 Å². The molecule has 1 aliphatic carbocycles. The van der Waals surface area contributed by atoms with Gasteiger partial charge in [0.05, 0.1) is 36.4 Å². The number of aryl methyl sites for hydroxylation is 2. The van der Waals surface area contributed by atoms with E-state index in [-0.39, 0.29) is 18.6 Å². The van der Waals surface area contributed by atoms with E-state index >= 15 is 0 Å². The molecule has 7 heteroatoms. The summed E-state index contributed by atoms with van der Waals surface area (Å²) in [5.74, 6) is 0.535. The third kappa shape index (κ3) is 2.69. The number of carbonyl (C=O) groups excluding carboxylic acids is 1. The predicted molar refractivity (Wildman–Crippen MR) is 87.7 cm³/mol. The van der Waals surface area contributed by atoms with Gasteiger partial charge in [-0.15, -0.1) is 0 Å². The van der Waals surface area contributed by atoms with Crippen molar-refractivity contribution in [2.75, 3.05) is 20.8 Å². The number of carbonyl (C=O) groups is 1. The smallest absolute Gasteiger partial charge is 0.491 e. The van der Waals surface area contributed by atoms with Crippen LogP contribution in [0.4, 0.5) is 4.79 Å². The molecule has 1 aliphatic rings. The number of pyridine rings is 1. The van der Waals surface area contributed by atoms with Crippen LogP contribution in [0.2, 0.25) is 0 Å². The number of hydrogen-bond acceptors (Lipinski definition) is 6. The van der Waals surface area contributed by atoms with E-state index in [2.05, 4.69) is 9.97 Å². The van der Waals surface area contributed by atoms with Crippen LogP contribution >= 0.6 is 0 Å². The third-order valence-corrected chi connectivity index (χ3v) is 4.32. The fraction of sp³-hybridized carbons (Fsp3) is 0.529. The average molecular weight is 334 g/mol. The summed E-state index contributed by atoms with van der Waals surface area (Å²) in [6.07, 6.45) is 2.12. The topological polar surface area (TPSA) is 82.7 Å². The Hall–Kier alpha value is -2.28. The predicted octanol–water partition coefficient (Wildman–Crippen LogP) is 3.44. The van der Waals surface area contributed by atoms with Crippen LogP contribution in [-0.4, -0.2) is 36.9 Å². The summed E-state index contributed by atoms with van der Waals surface area (Å²) in [5, 5.41) is 0.867. The highest BCUT2D eigenvalue weighted by Crippen LogP contribution is 2.45. The first-order valence-electron chi connectivity index (χ1n) is 8.07. The highest BCUT2D eigenvalue weighted by atomic mass is 16.7. The summed E-state index contributed by atoms with van der Waals surface area (Å²) in [7, 11) is 3.24. The molecule has 1 unspecified atom stereocenters. The van der Waals surface area contributed by atoms with E-state index in [1.54, 1.807) is 14.0 Å². The van der Waals surface area contributed by atoms with Crippen LogP contribution in [0.5, 0.6) is 11.6 Å². The van der Waals surface area contributed by atoms with E-state index < -0.39 is 6.16 Å². The van der Waals surface area contributed by atoms with E-state index in [0.29, 0.717) is 5.75 Å². The lowest BCUT2D eigenvalue weighted by Gasteiger charge is -2.22. The van der Waals surface area contributed by atoms with Gasteiger partial charge in [0.1, 0.15) is 0 Å². The van der Waals surface area contributed by atoms with E-state index in [0.717, 1.165) is 47.1 Å². The first-order valence-corrected chi connectivity index (χ1v) is 8.07. The van der Waals surface area contributed by atoms with Gasteiger partial charge in [-0.25, -0.2) is 9.78 Å². The average Bonchev–Trinajstić information content (AvgIpc) is 2.95. The van der Waals surface area contributed by atoms with E-state index in [9.17, 15) is 4.79 Å². The van der Waals surface area contributed by atoms with Crippen molar-refractivity contribution in [1.29, 1.82) is 0 Å². The zero-order valence-electron chi connectivity index (χ0n) is 14.4. The van der Waals surface area contributed by atoms with Gasteiger partial charge in [-0.2, -0.15) is 0 Å². The molecule has 0 bridgehead atoms. The number of hydrogen-bond donors (Lipinski definition) is 1. The summed E-state index contributed by atoms with van der Waals surface area (Å²) in [6.45, 7) is 3.81. The number of H-pyrrole nitrogens is 1. The van der Waals surface area contributed by atoms with E-state index in [1.807, 2.05) is 6.92 Å². The van der Waals surface area contributed by atoms with Crippen LogP contribution in [-0.2, 0) is 15.9 Å². The minimum atomic E-state index is -0.797. The second-order valence-corrected chi connectivity index (χ2v) is 5.70. The number of fused-ring (bicyclic) bond motifs is 3. The molecule has 7 nitrogen and oxygen atoms in total. The molecule has 0 saturated heterocycles. The van der Waals surface area contributed by atoms with Crippen LogP contribution in [0.1, 0.15) is 42.8 Å². The van der Waals surface area contributed by atoms with Gasteiger partial charge >= 0.3 is 6.16 Å². The Kier molecular flexibility index (Phi) is 4.62. The van der Waals surface area contributed by atoms with Crippen molar-refractivity contribution in [3.8, 4) is 11.6 Å². The number of ether oxygens (including phenoxy) is 4. The number of nitrogens with one attached hydrogen (secondary N) is 1. The maximum Gasteiger partial charge on any atom is 0.515 e. The lowest BCUT2D eigenvalue weighted by Crippen LogP contribution is -2.13. The lowest BCUT2D eigenvalue weighted by molar-refractivity contribution is 0.0890. The zero-order chi connectivity index (χ0) is 17.3. The van der Waals surface area contributed by atoms with E-state index in [1.165, 1.54) is 7.11 Å². The first-order chi connectivity index (χ1) is 11.6. The van der Waals surface area contributed by atoms with Gasteiger partial charge in [0.15, 0.2) is 5.75 Å². The Labute approximate surface area is 140 Å².